The smallest absolute Gasteiger partial charge is 0.170 e. The second kappa shape index (κ2) is 8.86. The molecule has 0 saturated heterocycles. The van der Waals surface area contributed by atoms with E-state index in [2.05, 4.69) is 42.7 Å². The number of benzene rings is 1. The number of hydrogen-bond acceptors (Lipinski definition) is 3. The molecule has 5 heteroatoms. The first-order valence-corrected chi connectivity index (χ1v) is 8.93. The minimum absolute atomic E-state index is 0.680. The van der Waals surface area contributed by atoms with Crippen molar-refractivity contribution in [3.8, 4) is 0 Å². The molecule has 0 atom stereocenters. The van der Waals surface area contributed by atoms with Gasteiger partial charge in [-0.3, -0.25) is 0 Å². The average Bonchev–Trinajstić information content (AvgIpc) is 3.00. The lowest BCUT2D eigenvalue weighted by Gasteiger charge is -2.11. The molecule has 118 valence electrons. The molecule has 0 bridgehead atoms. The molecule has 0 fully saturated rings. The number of thioether (sulfide) groups is 1. The molecule has 0 spiro atoms. The van der Waals surface area contributed by atoms with Gasteiger partial charge in [0.05, 0.1) is 12.0 Å². The quantitative estimate of drug-likeness (QED) is 0.576. The summed E-state index contributed by atoms with van der Waals surface area (Å²) in [5, 5.41) is 7.14. The van der Waals surface area contributed by atoms with E-state index in [0.29, 0.717) is 5.11 Å². The van der Waals surface area contributed by atoms with Gasteiger partial charge in [0.2, 0.25) is 0 Å². The topological polar surface area (TPSA) is 37.2 Å². The van der Waals surface area contributed by atoms with Crippen LogP contribution in [0.4, 0.5) is 5.69 Å². The molecule has 2 aromatic rings. The second-order valence-corrected chi connectivity index (χ2v) is 6.68. The lowest BCUT2D eigenvalue weighted by Crippen LogP contribution is -2.29. The Morgan fingerprint density at radius 3 is 2.82 bits per heavy atom. The first kappa shape index (κ1) is 16.9. The van der Waals surface area contributed by atoms with Crippen LogP contribution in [0.2, 0.25) is 0 Å². The minimum Gasteiger partial charge on any atom is -0.468 e. The summed E-state index contributed by atoms with van der Waals surface area (Å²) >= 11 is 7.18. The second-order valence-electron chi connectivity index (χ2n) is 5.17. The van der Waals surface area contributed by atoms with Gasteiger partial charge >= 0.3 is 0 Å². The lowest BCUT2D eigenvalue weighted by atomic mass is 10.1. The van der Waals surface area contributed by atoms with Crippen LogP contribution in [0.1, 0.15) is 23.3 Å². The highest BCUT2D eigenvalue weighted by atomic mass is 32.2. The van der Waals surface area contributed by atoms with E-state index in [1.54, 1.807) is 6.26 Å². The zero-order valence-electron chi connectivity index (χ0n) is 13.0. The summed E-state index contributed by atoms with van der Waals surface area (Å²) in [5.74, 6) is 3.04. The van der Waals surface area contributed by atoms with Crippen LogP contribution < -0.4 is 10.6 Å². The van der Waals surface area contributed by atoms with Crippen LogP contribution in [0.25, 0.3) is 0 Å². The molecule has 3 nitrogen and oxygen atoms in total. The third kappa shape index (κ3) is 5.73. The van der Waals surface area contributed by atoms with Crippen molar-refractivity contribution < 1.29 is 4.42 Å². The van der Waals surface area contributed by atoms with Crippen molar-refractivity contribution in [3.05, 3.63) is 53.5 Å². The molecular weight excluding hydrogens is 312 g/mol. The fourth-order valence-electron chi connectivity index (χ4n) is 1.94. The lowest BCUT2D eigenvalue weighted by molar-refractivity contribution is 0.530. The van der Waals surface area contributed by atoms with Crippen molar-refractivity contribution in [3.63, 3.8) is 0 Å². The maximum Gasteiger partial charge on any atom is 0.170 e. The molecular formula is C17H22N2OS2. The van der Waals surface area contributed by atoms with Crippen molar-refractivity contribution in [1.29, 1.82) is 0 Å². The first-order chi connectivity index (χ1) is 10.6. The number of thiocarbonyl (C=S) groups is 1. The summed E-state index contributed by atoms with van der Waals surface area (Å²) in [4.78, 5) is 0. The van der Waals surface area contributed by atoms with Gasteiger partial charge in [0, 0.05) is 12.2 Å². The molecule has 0 saturated carbocycles. The highest BCUT2D eigenvalue weighted by Crippen LogP contribution is 2.14. The Morgan fingerprint density at radius 1 is 1.23 bits per heavy atom. The SMILES string of the molecule is Cc1ccc(NC(=S)NCCCSCc2ccco2)cc1C. The van der Waals surface area contributed by atoms with Crippen molar-refractivity contribution in [1.82, 2.24) is 5.32 Å². The van der Waals surface area contributed by atoms with Crippen LogP contribution in [0.3, 0.4) is 0 Å². The number of nitrogens with one attached hydrogen (secondary N) is 2. The number of rotatable bonds is 7. The molecule has 1 aromatic carbocycles. The summed E-state index contributed by atoms with van der Waals surface area (Å²) in [6, 6.07) is 10.2. The van der Waals surface area contributed by atoms with Gasteiger partial charge in [-0.15, -0.1) is 0 Å². The van der Waals surface area contributed by atoms with Crippen molar-refractivity contribution in [2.45, 2.75) is 26.0 Å². The fraction of sp³-hybridized carbons (Fsp3) is 0.353. The highest BCUT2D eigenvalue weighted by molar-refractivity contribution is 7.98. The predicted octanol–water partition coefficient (Wildman–Crippen LogP) is 4.51. The number of aryl methyl sites for hydroxylation is 2. The summed E-state index contributed by atoms with van der Waals surface area (Å²) in [5.41, 5.74) is 3.59. The van der Waals surface area contributed by atoms with Crippen LogP contribution in [0, 0.1) is 13.8 Å². The summed E-state index contributed by atoms with van der Waals surface area (Å²) in [6.45, 7) is 5.09. The standard InChI is InChI=1S/C17H22N2OS2/c1-13-6-7-15(11-14(13)2)19-17(21)18-8-4-10-22-12-16-5-3-9-20-16/h3,5-7,9,11H,4,8,10,12H2,1-2H3,(H2,18,19,21). The zero-order valence-corrected chi connectivity index (χ0v) is 14.7. The number of anilines is 1. The predicted molar refractivity (Wildman–Crippen MR) is 99.6 cm³/mol. The van der Waals surface area contributed by atoms with E-state index < -0.39 is 0 Å². The maximum absolute atomic E-state index is 5.31. The first-order valence-electron chi connectivity index (χ1n) is 7.37. The highest BCUT2D eigenvalue weighted by Gasteiger charge is 2.00. The Bertz CT molecular complexity index is 597. The van der Waals surface area contributed by atoms with Crippen LogP contribution in [0.15, 0.2) is 41.0 Å². The Labute approximate surface area is 141 Å². The third-order valence-electron chi connectivity index (χ3n) is 3.34. The molecule has 22 heavy (non-hydrogen) atoms. The average molecular weight is 335 g/mol. The van der Waals surface area contributed by atoms with E-state index in [0.717, 1.165) is 35.9 Å². The van der Waals surface area contributed by atoms with E-state index in [1.807, 2.05) is 23.9 Å². The molecule has 0 aliphatic carbocycles. The Kier molecular flexibility index (Phi) is 6.80. The summed E-state index contributed by atoms with van der Waals surface area (Å²) < 4.78 is 5.30. The molecule has 1 aromatic heterocycles. The minimum atomic E-state index is 0.680. The molecule has 0 aliphatic rings. The normalized spacial score (nSPS) is 10.5. The van der Waals surface area contributed by atoms with Gasteiger partial charge in [-0.1, -0.05) is 6.07 Å². The Hall–Kier alpha value is -1.46. The van der Waals surface area contributed by atoms with Gasteiger partial charge in [-0.25, -0.2) is 0 Å². The third-order valence-corrected chi connectivity index (χ3v) is 4.65. The molecule has 0 unspecified atom stereocenters. The number of hydrogen-bond donors (Lipinski definition) is 2. The van der Waals surface area contributed by atoms with Crippen LogP contribution >= 0.6 is 24.0 Å². The van der Waals surface area contributed by atoms with Gasteiger partial charge in [-0.05, 0) is 73.6 Å². The van der Waals surface area contributed by atoms with Crippen molar-refractivity contribution >= 4 is 34.8 Å². The molecule has 0 aliphatic heterocycles. The molecule has 2 N–H and O–H groups in total. The van der Waals surface area contributed by atoms with Crippen LogP contribution in [-0.2, 0) is 5.75 Å². The number of furan rings is 1. The van der Waals surface area contributed by atoms with Gasteiger partial charge in [0.25, 0.3) is 0 Å². The molecule has 0 amide bonds. The van der Waals surface area contributed by atoms with Gasteiger partial charge in [-0.2, -0.15) is 11.8 Å². The Balaban J connectivity index is 1.58. The van der Waals surface area contributed by atoms with Crippen LogP contribution in [0.5, 0.6) is 0 Å². The van der Waals surface area contributed by atoms with E-state index >= 15 is 0 Å². The summed E-state index contributed by atoms with van der Waals surface area (Å²) in [7, 11) is 0. The van der Waals surface area contributed by atoms with Gasteiger partial charge in [0.15, 0.2) is 5.11 Å². The van der Waals surface area contributed by atoms with E-state index in [-0.39, 0.29) is 0 Å². The van der Waals surface area contributed by atoms with Gasteiger partial charge < -0.3 is 15.1 Å². The monoisotopic (exact) mass is 334 g/mol. The van der Waals surface area contributed by atoms with Crippen molar-refractivity contribution in [2.24, 2.45) is 0 Å². The summed E-state index contributed by atoms with van der Waals surface area (Å²) in [6.07, 6.45) is 2.79. The van der Waals surface area contributed by atoms with E-state index in [4.69, 9.17) is 16.6 Å². The Morgan fingerprint density at radius 2 is 2.09 bits per heavy atom. The molecule has 1 heterocycles. The zero-order chi connectivity index (χ0) is 15.8. The van der Waals surface area contributed by atoms with Crippen LogP contribution in [-0.4, -0.2) is 17.4 Å². The molecule has 2 rings (SSSR count). The maximum atomic E-state index is 5.31. The van der Waals surface area contributed by atoms with E-state index in [1.165, 1.54) is 11.1 Å². The molecule has 0 radical (unpaired) electrons. The largest absolute Gasteiger partial charge is 0.468 e. The van der Waals surface area contributed by atoms with Crippen molar-refractivity contribution in [2.75, 3.05) is 17.6 Å². The van der Waals surface area contributed by atoms with E-state index in [9.17, 15) is 0 Å². The fourth-order valence-corrected chi connectivity index (χ4v) is 3.02. The van der Waals surface area contributed by atoms with Gasteiger partial charge in [0.1, 0.15) is 5.76 Å².